The van der Waals surface area contributed by atoms with Gasteiger partial charge in [-0.1, -0.05) is 0 Å². The normalized spacial score (nSPS) is 11.8. The number of benzene rings is 1. The van der Waals surface area contributed by atoms with E-state index in [-0.39, 0.29) is 5.91 Å². The molecule has 1 aromatic carbocycles. The molecular formula is C14H21N3O3. The van der Waals surface area contributed by atoms with Crippen molar-refractivity contribution in [2.24, 2.45) is 5.73 Å². The third-order valence-electron chi connectivity index (χ3n) is 3.37. The zero-order valence-electron chi connectivity index (χ0n) is 12.2. The average Bonchev–Trinajstić information content (AvgIpc) is 2.26. The Labute approximate surface area is 118 Å². The van der Waals surface area contributed by atoms with Crippen molar-refractivity contribution in [3.63, 3.8) is 0 Å². The van der Waals surface area contributed by atoms with Crippen LogP contribution in [0.2, 0.25) is 0 Å². The van der Waals surface area contributed by atoms with Crippen molar-refractivity contribution >= 4 is 17.6 Å². The molecule has 0 atom stereocenters. The Morgan fingerprint density at radius 3 is 2.00 bits per heavy atom. The van der Waals surface area contributed by atoms with Gasteiger partial charge in [0.1, 0.15) is 0 Å². The van der Waals surface area contributed by atoms with Gasteiger partial charge in [-0.15, -0.1) is 0 Å². The molecule has 0 aliphatic heterocycles. The maximum Gasteiger partial charge on any atom is 0.316 e. The first kappa shape index (κ1) is 16.0. The van der Waals surface area contributed by atoms with E-state index in [1.165, 1.54) is 0 Å². The highest BCUT2D eigenvalue weighted by atomic mass is 16.3. The van der Waals surface area contributed by atoms with Crippen molar-refractivity contribution in [3.8, 4) is 0 Å². The van der Waals surface area contributed by atoms with Gasteiger partial charge >= 0.3 is 6.03 Å². The highest BCUT2D eigenvalue weighted by Gasteiger charge is 2.36. The Morgan fingerprint density at radius 2 is 1.60 bits per heavy atom. The third-order valence-corrected chi connectivity index (χ3v) is 3.37. The van der Waals surface area contributed by atoms with Crippen LogP contribution in [-0.4, -0.2) is 28.2 Å². The van der Waals surface area contributed by atoms with E-state index < -0.39 is 17.2 Å². The maximum atomic E-state index is 12.1. The molecule has 0 spiro atoms. The van der Waals surface area contributed by atoms with Gasteiger partial charge in [-0.05, 0) is 52.0 Å². The fourth-order valence-corrected chi connectivity index (χ4v) is 1.36. The zero-order valence-corrected chi connectivity index (χ0v) is 12.2. The van der Waals surface area contributed by atoms with Crippen LogP contribution >= 0.6 is 0 Å². The largest absolute Gasteiger partial charge is 0.388 e. The number of aliphatic hydroxyl groups is 1. The predicted octanol–water partition coefficient (Wildman–Crippen LogP) is 1.46. The lowest BCUT2D eigenvalue weighted by atomic mass is 9.86. The quantitative estimate of drug-likeness (QED) is 0.670. The number of hydrogen-bond acceptors (Lipinski definition) is 3. The number of hydrogen-bond donors (Lipinski definition) is 4. The van der Waals surface area contributed by atoms with Gasteiger partial charge < -0.3 is 21.5 Å². The lowest BCUT2D eigenvalue weighted by Crippen LogP contribution is -2.57. The summed E-state index contributed by atoms with van der Waals surface area (Å²) in [5, 5.41) is 15.2. The fraction of sp³-hybridized carbons (Fsp3) is 0.429. The molecule has 3 amide bonds. The second-order valence-electron chi connectivity index (χ2n) is 5.70. The van der Waals surface area contributed by atoms with Crippen LogP contribution in [0.3, 0.4) is 0 Å². The predicted molar refractivity (Wildman–Crippen MR) is 77.5 cm³/mol. The number of urea groups is 1. The summed E-state index contributed by atoms with van der Waals surface area (Å²) in [5.41, 5.74) is 4.09. The average molecular weight is 279 g/mol. The number of nitrogens with one attached hydrogen (secondary N) is 2. The summed E-state index contributed by atoms with van der Waals surface area (Å²) in [4.78, 5) is 22.8. The highest BCUT2D eigenvalue weighted by molar-refractivity contribution is 5.95. The number of anilines is 1. The minimum atomic E-state index is -1.06. The van der Waals surface area contributed by atoms with Crippen LogP contribution in [0, 0.1) is 0 Å². The summed E-state index contributed by atoms with van der Waals surface area (Å²) >= 11 is 0. The Morgan fingerprint density at radius 1 is 1.10 bits per heavy atom. The van der Waals surface area contributed by atoms with E-state index in [1.807, 2.05) is 0 Å². The minimum Gasteiger partial charge on any atom is -0.388 e. The van der Waals surface area contributed by atoms with Crippen molar-refractivity contribution in [3.05, 3.63) is 29.8 Å². The summed E-state index contributed by atoms with van der Waals surface area (Å²) in [6.07, 6.45) is 0. The van der Waals surface area contributed by atoms with Gasteiger partial charge in [0.25, 0.3) is 5.91 Å². The molecule has 0 aromatic heterocycles. The molecule has 0 radical (unpaired) electrons. The van der Waals surface area contributed by atoms with Crippen LogP contribution in [0.1, 0.15) is 38.1 Å². The minimum absolute atomic E-state index is 0.303. The number of primary amides is 1. The Kier molecular flexibility index (Phi) is 4.39. The topological polar surface area (TPSA) is 104 Å². The van der Waals surface area contributed by atoms with Crippen molar-refractivity contribution in [2.45, 2.75) is 38.8 Å². The third kappa shape index (κ3) is 3.96. The van der Waals surface area contributed by atoms with E-state index >= 15 is 0 Å². The van der Waals surface area contributed by atoms with Crippen LogP contribution in [0.5, 0.6) is 0 Å². The van der Waals surface area contributed by atoms with E-state index in [4.69, 9.17) is 5.73 Å². The van der Waals surface area contributed by atoms with Gasteiger partial charge in [0.2, 0.25) is 0 Å². The maximum absolute atomic E-state index is 12.1. The molecule has 5 N–H and O–H groups in total. The first-order valence-electron chi connectivity index (χ1n) is 6.24. The molecule has 1 rings (SSSR count). The van der Waals surface area contributed by atoms with E-state index in [0.717, 1.165) is 0 Å². The molecule has 110 valence electrons. The molecule has 0 saturated carbocycles. The molecule has 1 aromatic rings. The Hall–Kier alpha value is -2.08. The van der Waals surface area contributed by atoms with Gasteiger partial charge in [0, 0.05) is 11.3 Å². The van der Waals surface area contributed by atoms with Gasteiger partial charge in [0.15, 0.2) is 0 Å². The van der Waals surface area contributed by atoms with E-state index in [0.29, 0.717) is 11.3 Å². The lowest BCUT2D eigenvalue weighted by Gasteiger charge is -2.38. The number of nitrogens with two attached hydrogens (primary N) is 1. The van der Waals surface area contributed by atoms with Crippen LogP contribution in [0.4, 0.5) is 10.5 Å². The van der Waals surface area contributed by atoms with Crippen molar-refractivity contribution in [1.29, 1.82) is 0 Å². The van der Waals surface area contributed by atoms with Crippen molar-refractivity contribution < 1.29 is 14.7 Å². The molecule has 6 heteroatoms. The second-order valence-corrected chi connectivity index (χ2v) is 5.70. The summed E-state index contributed by atoms with van der Waals surface area (Å²) in [5.74, 6) is -0.303. The highest BCUT2D eigenvalue weighted by Crippen LogP contribution is 2.21. The van der Waals surface area contributed by atoms with E-state index in [9.17, 15) is 14.7 Å². The van der Waals surface area contributed by atoms with Crippen LogP contribution < -0.4 is 16.4 Å². The summed E-state index contributed by atoms with van der Waals surface area (Å²) < 4.78 is 0. The number of amides is 3. The second kappa shape index (κ2) is 5.50. The zero-order chi connectivity index (χ0) is 15.6. The Balaban J connectivity index is 2.81. The lowest BCUT2D eigenvalue weighted by molar-refractivity contribution is -0.00292. The monoisotopic (exact) mass is 279 g/mol. The fourth-order valence-electron chi connectivity index (χ4n) is 1.36. The number of carbonyl (C=O) groups is 2. The molecule has 0 heterocycles. The smallest absolute Gasteiger partial charge is 0.316 e. The molecular weight excluding hydrogens is 258 g/mol. The van der Waals surface area contributed by atoms with E-state index in [2.05, 4.69) is 10.6 Å². The van der Waals surface area contributed by atoms with Gasteiger partial charge in [-0.2, -0.15) is 0 Å². The molecule has 0 aliphatic carbocycles. The Bertz CT molecular complexity index is 501. The van der Waals surface area contributed by atoms with Gasteiger partial charge in [-0.3, -0.25) is 4.79 Å². The number of rotatable bonds is 4. The summed E-state index contributed by atoms with van der Waals surface area (Å²) in [6.45, 7) is 6.75. The molecule has 0 saturated heterocycles. The van der Waals surface area contributed by atoms with Gasteiger partial charge in [0.05, 0.1) is 11.1 Å². The molecule has 20 heavy (non-hydrogen) atoms. The molecule has 0 unspecified atom stereocenters. The van der Waals surface area contributed by atoms with Gasteiger partial charge in [-0.25, -0.2) is 4.79 Å². The first-order valence-corrected chi connectivity index (χ1v) is 6.24. The molecule has 0 aliphatic rings. The first-order chi connectivity index (χ1) is 9.03. The molecule has 0 bridgehead atoms. The molecule has 6 nitrogen and oxygen atoms in total. The van der Waals surface area contributed by atoms with E-state index in [1.54, 1.807) is 52.0 Å². The van der Waals surface area contributed by atoms with Crippen LogP contribution in [-0.2, 0) is 0 Å². The van der Waals surface area contributed by atoms with Crippen molar-refractivity contribution in [1.82, 2.24) is 5.32 Å². The van der Waals surface area contributed by atoms with Crippen LogP contribution in [0.15, 0.2) is 24.3 Å². The summed E-state index contributed by atoms with van der Waals surface area (Å²) in [7, 11) is 0. The number of carbonyl (C=O) groups excluding carboxylic acids is 2. The molecule has 0 fully saturated rings. The van der Waals surface area contributed by atoms with Crippen molar-refractivity contribution in [2.75, 3.05) is 5.32 Å². The SMILES string of the molecule is CC(C)(O)C(C)(C)NC(=O)c1ccc(NC(N)=O)cc1. The standard InChI is InChI=1S/C14H21N3O3/c1-13(2,14(3,4)20)17-11(18)9-5-7-10(8-6-9)16-12(15)19/h5-8,20H,1-4H3,(H,17,18)(H3,15,16,19). The van der Waals surface area contributed by atoms with Crippen LogP contribution in [0.25, 0.3) is 0 Å². The summed E-state index contributed by atoms with van der Waals surface area (Å²) in [6, 6.07) is 5.64.